The lowest BCUT2D eigenvalue weighted by Crippen LogP contribution is -2.66. The largest absolute Gasteiger partial charge is 0.480 e. The van der Waals surface area contributed by atoms with Crippen LogP contribution in [-0.2, 0) is 31.9 Å². The first kappa shape index (κ1) is 38.7. The summed E-state index contributed by atoms with van der Waals surface area (Å²) in [7, 11) is -3.05. The van der Waals surface area contributed by atoms with E-state index in [1.54, 1.807) is 0 Å². The average molecular weight is 761 g/mol. The molecule has 0 bridgehead atoms. The molecule has 1 aliphatic rings. The van der Waals surface area contributed by atoms with Crippen molar-refractivity contribution in [3.63, 3.8) is 0 Å². The van der Waals surface area contributed by atoms with Crippen molar-refractivity contribution in [3.05, 3.63) is 153 Å². The second-order valence-electron chi connectivity index (χ2n) is 14.5. The fourth-order valence-corrected chi connectivity index (χ4v) is 11.9. The van der Waals surface area contributed by atoms with Crippen LogP contribution in [0.2, 0.25) is 5.04 Å². The van der Waals surface area contributed by atoms with Gasteiger partial charge in [0.25, 0.3) is 13.9 Å². The molecule has 12 nitrogen and oxygen atoms in total. The maximum atomic E-state index is 13.5. The molecule has 0 radical (unpaired) electrons. The lowest BCUT2D eigenvalue weighted by Gasteiger charge is -2.43. The summed E-state index contributed by atoms with van der Waals surface area (Å²) in [6.07, 6.45) is 0.567. The van der Waals surface area contributed by atoms with E-state index in [1.807, 2.05) is 109 Å². The average Bonchev–Trinajstić information content (AvgIpc) is 3.49. The molecule has 4 aromatic carbocycles. The molecule has 1 heterocycles. The molecule has 1 aliphatic carbocycles. The number of H-pyrrole nitrogens is 1. The van der Waals surface area contributed by atoms with Crippen LogP contribution in [0.15, 0.2) is 125 Å². The number of carboxylic acid groups (broad SMARTS) is 1. The minimum absolute atomic E-state index is 0.0921. The van der Waals surface area contributed by atoms with E-state index in [4.69, 9.17) is 9.16 Å². The number of hydrogen-bond donors (Lipinski definition) is 3. The number of carbonyl (C=O) groups excluding carboxylic acids is 2. The van der Waals surface area contributed by atoms with E-state index >= 15 is 0 Å². The standard InChI is InChI=1S/C42H44N4O8Si/c1-42(2,3)55(30-14-6-4-7-15-30,31-16-8-5-9-17-31)54-27-29-24-46(40(51)44-39(29)50)25-37(47)45(26-38(48)49)23-22-43-41(52)53-28-36-34-20-12-10-18-32(34)33-19-11-13-21-35(33)36/h4-21,24,36H,22-23,25-28H2,1-3H3,(H,43,52)(H,48,49)(H,44,50,51). The maximum absolute atomic E-state index is 13.5. The molecule has 0 fully saturated rings. The summed E-state index contributed by atoms with van der Waals surface area (Å²) < 4.78 is 13.5. The molecule has 0 spiro atoms. The molecule has 0 saturated heterocycles. The zero-order valence-electron chi connectivity index (χ0n) is 31.0. The SMILES string of the molecule is CC(C)(C)[Si](OCc1cn(CC(=O)N(CCNC(=O)OCC2c3ccccc3-c3ccccc32)CC(=O)O)c(=O)[nH]c1=O)(c1ccccc1)c1ccccc1. The smallest absolute Gasteiger partial charge is 0.407 e. The second kappa shape index (κ2) is 16.5. The Morgan fingerprint density at radius 3 is 1.93 bits per heavy atom. The summed E-state index contributed by atoms with van der Waals surface area (Å²) in [5, 5.41) is 13.8. The van der Waals surface area contributed by atoms with E-state index in [-0.39, 0.29) is 42.8 Å². The van der Waals surface area contributed by atoms with Gasteiger partial charge in [0.2, 0.25) is 5.91 Å². The van der Waals surface area contributed by atoms with Gasteiger partial charge in [-0.25, -0.2) is 9.59 Å². The first-order valence-corrected chi connectivity index (χ1v) is 20.0. The highest BCUT2D eigenvalue weighted by atomic mass is 28.4. The number of carbonyl (C=O) groups is 3. The molecule has 5 aromatic rings. The zero-order chi connectivity index (χ0) is 39.2. The van der Waals surface area contributed by atoms with E-state index in [0.29, 0.717) is 0 Å². The number of aromatic nitrogens is 2. The summed E-state index contributed by atoms with van der Waals surface area (Å²) in [4.78, 5) is 67.3. The third-order valence-electron chi connectivity index (χ3n) is 9.92. The number of nitrogens with zero attached hydrogens (tertiary/aromatic N) is 2. The molecule has 0 saturated carbocycles. The first-order valence-electron chi connectivity index (χ1n) is 18.0. The number of nitrogens with one attached hydrogen (secondary N) is 2. The van der Waals surface area contributed by atoms with Crippen LogP contribution in [0.5, 0.6) is 0 Å². The van der Waals surface area contributed by atoms with Crippen LogP contribution < -0.4 is 26.9 Å². The molecule has 0 aliphatic heterocycles. The Morgan fingerprint density at radius 1 is 0.836 bits per heavy atom. The molecule has 0 atom stereocenters. The Morgan fingerprint density at radius 2 is 1.38 bits per heavy atom. The molecular formula is C42H44N4O8Si. The predicted molar refractivity (Wildman–Crippen MR) is 211 cm³/mol. The molecule has 2 amide bonds. The van der Waals surface area contributed by atoms with Crippen molar-refractivity contribution < 1.29 is 28.7 Å². The number of alkyl carbamates (subject to hydrolysis) is 1. The van der Waals surface area contributed by atoms with Gasteiger partial charge in [-0.1, -0.05) is 130 Å². The fourth-order valence-electron chi connectivity index (χ4n) is 7.37. The van der Waals surface area contributed by atoms with Crippen molar-refractivity contribution in [1.82, 2.24) is 19.8 Å². The van der Waals surface area contributed by atoms with Crippen LogP contribution in [0.3, 0.4) is 0 Å². The van der Waals surface area contributed by atoms with Gasteiger partial charge in [0.15, 0.2) is 0 Å². The molecule has 3 N–H and O–H groups in total. The molecule has 1 aromatic heterocycles. The van der Waals surface area contributed by atoms with E-state index in [1.165, 1.54) is 6.20 Å². The number of hydrogen-bond acceptors (Lipinski definition) is 7. The van der Waals surface area contributed by atoms with Gasteiger partial charge < -0.3 is 24.5 Å². The van der Waals surface area contributed by atoms with Crippen molar-refractivity contribution >= 4 is 36.7 Å². The number of ether oxygens (including phenoxy) is 1. The monoisotopic (exact) mass is 760 g/mol. The summed E-state index contributed by atoms with van der Waals surface area (Å²) in [5.74, 6) is -2.12. The van der Waals surface area contributed by atoms with Gasteiger partial charge in [0.1, 0.15) is 19.7 Å². The van der Waals surface area contributed by atoms with Crippen molar-refractivity contribution in [2.45, 2.75) is 44.9 Å². The minimum atomic E-state index is -3.05. The Bertz CT molecular complexity index is 2200. The Hall–Kier alpha value is -6.05. The van der Waals surface area contributed by atoms with Gasteiger partial charge in [-0.05, 0) is 37.7 Å². The quantitative estimate of drug-likeness (QED) is 0.143. The third kappa shape index (κ3) is 8.37. The zero-order valence-corrected chi connectivity index (χ0v) is 32.0. The van der Waals surface area contributed by atoms with Gasteiger partial charge in [0.05, 0.1) is 12.2 Å². The second-order valence-corrected chi connectivity index (χ2v) is 18.8. The number of aromatic amines is 1. The summed E-state index contributed by atoms with van der Waals surface area (Å²) in [6.45, 7) is 4.74. The lowest BCUT2D eigenvalue weighted by atomic mass is 9.98. The molecule has 13 heteroatoms. The Labute approximate surface area is 319 Å². The number of fused-ring (bicyclic) bond motifs is 3. The summed E-state index contributed by atoms with van der Waals surface area (Å²) in [5.41, 5.74) is 2.95. The molecule has 284 valence electrons. The number of rotatable bonds is 14. The number of carboxylic acids is 1. The first-order chi connectivity index (χ1) is 26.4. The Balaban J connectivity index is 1.12. The van der Waals surface area contributed by atoms with Crippen LogP contribution in [0.25, 0.3) is 11.1 Å². The molecule has 6 rings (SSSR count). The predicted octanol–water partition coefficient (Wildman–Crippen LogP) is 4.07. The topological polar surface area (TPSA) is 160 Å². The van der Waals surface area contributed by atoms with Crippen molar-refractivity contribution in [3.8, 4) is 11.1 Å². The van der Waals surface area contributed by atoms with E-state index in [2.05, 4.69) is 31.1 Å². The number of aliphatic carboxylic acids is 1. The highest BCUT2D eigenvalue weighted by molar-refractivity contribution is 6.99. The van der Waals surface area contributed by atoms with Crippen molar-refractivity contribution in [2.75, 3.05) is 26.2 Å². The molecule has 0 unspecified atom stereocenters. The van der Waals surface area contributed by atoms with Gasteiger partial charge in [0, 0.05) is 25.2 Å². The van der Waals surface area contributed by atoms with E-state index < -0.39 is 50.6 Å². The third-order valence-corrected chi connectivity index (χ3v) is 14.9. The van der Waals surface area contributed by atoms with Crippen LogP contribution >= 0.6 is 0 Å². The highest BCUT2D eigenvalue weighted by Gasteiger charge is 2.50. The summed E-state index contributed by atoms with van der Waals surface area (Å²) in [6, 6.07) is 35.7. The lowest BCUT2D eigenvalue weighted by molar-refractivity contribution is -0.144. The van der Waals surface area contributed by atoms with Crippen molar-refractivity contribution in [2.24, 2.45) is 0 Å². The van der Waals surface area contributed by atoms with E-state index in [9.17, 15) is 29.1 Å². The number of amides is 2. The van der Waals surface area contributed by atoms with Gasteiger partial charge in [-0.15, -0.1) is 0 Å². The number of benzene rings is 4. The fraction of sp³-hybridized carbons (Fsp3) is 0.262. The van der Waals surface area contributed by atoms with Crippen LogP contribution in [0.4, 0.5) is 4.79 Å². The van der Waals surface area contributed by atoms with Gasteiger partial charge >= 0.3 is 17.8 Å². The molecular weight excluding hydrogens is 717 g/mol. The van der Waals surface area contributed by atoms with Crippen LogP contribution in [0, 0.1) is 0 Å². The molecule has 55 heavy (non-hydrogen) atoms. The van der Waals surface area contributed by atoms with Crippen molar-refractivity contribution in [1.29, 1.82) is 0 Å². The maximum Gasteiger partial charge on any atom is 0.407 e. The van der Waals surface area contributed by atoms with Gasteiger partial charge in [-0.3, -0.25) is 23.9 Å². The highest BCUT2D eigenvalue weighted by Crippen LogP contribution is 2.44. The van der Waals surface area contributed by atoms with Gasteiger partial charge in [-0.2, -0.15) is 0 Å². The normalized spacial score (nSPS) is 12.4. The summed E-state index contributed by atoms with van der Waals surface area (Å²) >= 11 is 0. The van der Waals surface area contributed by atoms with Crippen LogP contribution in [0.1, 0.15) is 43.4 Å². The minimum Gasteiger partial charge on any atom is -0.480 e. The van der Waals surface area contributed by atoms with E-state index in [0.717, 1.165) is 42.1 Å². The van der Waals surface area contributed by atoms with Crippen LogP contribution in [-0.4, -0.2) is 72.1 Å². The Kier molecular flexibility index (Phi) is 11.6.